The van der Waals surface area contributed by atoms with E-state index >= 15 is 0 Å². The van der Waals surface area contributed by atoms with Crippen molar-refractivity contribution in [3.05, 3.63) is 78.4 Å². The largest absolute Gasteiger partial charge is 0.392 e. The number of hydrogen-bond donors (Lipinski definition) is 4. The molecule has 12 heteroatoms. The predicted octanol–water partition coefficient (Wildman–Crippen LogP) is 4.08. The van der Waals surface area contributed by atoms with E-state index < -0.39 is 6.10 Å². The number of anilines is 3. The molecule has 1 aliphatic rings. The number of rotatable bonds is 10. The number of pyridine rings is 1. The molecule has 3 heterocycles. The third kappa shape index (κ3) is 7.64. The molecule has 0 bridgehead atoms. The van der Waals surface area contributed by atoms with Gasteiger partial charge in [0.15, 0.2) is 0 Å². The molecule has 0 spiro atoms. The Balaban J connectivity index is 1.28. The van der Waals surface area contributed by atoms with Crippen LogP contribution in [0.1, 0.15) is 43.7 Å². The van der Waals surface area contributed by atoms with Gasteiger partial charge in [-0.2, -0.15) is 15.3 Å². The maximum Gasteiger partial charge on any atom is 0.323 e. The number of aliphatic hydroxyl groups is 1. The van der Waals surface area contributed by atoms with E-state index in [0.29, 0.717) is 29.7 Å². The molecule has 4 N–H and O–H groups in total. The quantitative estimate of drug-likeness (QED) is 0.217. The van der Waals surface area contributed by atoms with E-state index in [0.717, 1.165) is 42.4 Å². The molecule has 0 saturated heterocycles. The lowest BCUT2D eigenvalue weighted by atomic mass is 9.90. The maximum absolute atomic E-state index is 13.6. The number of nitrogens with zero attached hydrogens (tertiary/aromatic N) is 7. The van der Waals surface area contributed by atoms with Gasteiger partial charge < -0.3 is 21.1 Å². The van der Waals surface area contributed by atoms with Crippen LogP contribution >= 0.6 is 0 Å². The Morgan fingerprint density at radius 2 is 1.88 bits per heavy atom. The van der Waals surface area contributed by atoms with Gasteiger partial charge in [-0.15, -0.1) is 0 Å². The van der Waals surface area contributed by atoms with Crippen molar-refractivity contribution in [3.8, 4) is 17.2 Å². The van der Waals surface area contributed by atoms with Crippen molar-refractivity contribution >= 4 is 23.6 Å². The number of carbonyl (C=O) groups is 1. The number of aryl methyl sites for hydroxylation is 1. The van der Waals surface area contributed by atoms with Gasteiger partial charge in [-0.1, -0.05) is 30.3 Å². The number of urea groups is 1. The molecule has 2 amide bonds. The van der Waals surface area contributed by atoms with Crippen LogP contribution in [0.3, 0.4) is 0 Å². The van der Waals surface area contributed by atoms with Gasteiger partial charge in [0, 0.05) is 55.7 Å². The number of nitrogens with one attached hydrogen (secondary N) is 3. The molecule has 0 aliphatic heterocycles. The van der Waals surface area contributed by atoms with E-state index in [2.05, 4.69) is 37.1 Å². The van der Waals surface area contributed by atoms with Gasteiger partial charge in [-0.05, 0) is 50.3 Å². The fourth-order valence-electron chi connectivity index (χ4n) is 5.16. The van der Waals surface area contributed by atoms with Crippen LogP contribution in [-0.2, 0) is 13.6 Å². The Kier molecular flexibility index (Phi) is 9.43. The van der Waals surface area contributed by atoms with E-state index in [1.807, 2.05) is 55.7 Å². The molecule has 1 unspecified atom stereocenters. The number of nitriles is 1. The molecule has 3 aromatic heterocycles. The zero-order chi connectivity index (χ0) is 30.2. The highest BCUT2D eigenvalue weighted by atomic mass is 16.3. The van der Waals surface area contributed by atoms with Gasteiger partial charge in [-0.3, -0.25) is 9.58 Å². The van der Waals surface area contributed by atoms with Crippen molar-refractivity contribution in [2.24, 2.45) is 7.05 Å². The highest BCUT2D eigenvalue weighted by Crippen LogP contribution is 2.29. The zero-order valence-corrected chi connectivity index (χ0v) is 24.3. The Bertz CT molecular complexity index is 1540. The summed E-state index contributed by atoms with van der Waals surface area (Å²) < 4.78 is 1.74. The molecular formula is C31H36N10O2. The molecule has 1 saturated carbocycles. The minimum Gasteiger partial charge on any atom is -0.392 e. The first-order valence-electron chi connectivity index (χ1n) is 14.4. The van der Waals surface area contributed by atoms with E-state index in [1.54, 1.807) is 28.9 Å². The standard InChI is InChI=1S/C31H36N10O2/c1-21(42)15-34-29-24(14-32)18-35-30(39-29)38-26-9-11-27(12-10-26)41(31(43)36-16-22-6-4-3-5-7-22)28-13-8-23(17-33-28)25-19-37-40(2)20-25/h3-8,13,17-21,26-27,42H,9-12,15-16H2,1-2H3,(H,36,43)(H2,34,35,38,39)/t21?,26-,27-. The molecule has 1 aliphatic carbocycles. The van der Waals surface area contributed by atoms with Crippen molar-refractivity contribution in [2.75, 3.05) is 22.1 Å². The lowest BCUT2D eigenvalue weighted by Crippen LogP contribution is -2.49. The third-order valence-electron chi connectivity index (χ3n) is 7.41. The average Bonchev–Trinajstić information content (AvgIpc) is 3.47. The minimum absolute atomic E-state index is 0.0456. The van der Waals surface area contributed by atoms with Crippen LogP contribution in [0.2, 0.25) is 0 Å². The van der Waals surface area contributed by atoms with Crippen LogP contribution in [0.5, 0.6) is 0 Å². The average molecular weight is 581 g/mol. The Morgan fingerprint density at radius 1 is 1.09 bits per heavy atom. The Morgan fingerprint density at radius 3 is 2.53 bits per heavy atom. The Hall–Kier alpha value is -5.02. The lowest BCUT2D eigenvalue weighted by Gasteiger charge is -2.36. The molecular weight excluding hydrogens is 544 g/mol. The number of carbonyl (C=O) groups excluding carboxylic acids is 1. The maximum atomic E-state index is 13.6. The monoisotopic (exact) mass is 580 g/mol. The van der Waals surface area contributed by atoms with E-state index in [9.17, 15) is 15.2 Å². The SMILES string of the molecule is CC(O)CNc1nc(N[C@H]2CC[C@H](N(C(=O)NCc3ccccc3)c3ccc(-c4cnn(C)c4)cn3)CC2)ncc1C#N. The summed E-state index contributed by atoms with van der Waals surface area (Å²) in [5.74, 6) is 1.40. The predicted molar refractivity (Wildman–Crippen MR) is 164 cm³/mol. The van der Waals surface area contributed by atoms with Gasteiger partial charge >= 0.3 is 6.03 Å². The highest BCUT2D eigenvalue weighted by Gasteiger charge is 2.31. The van der Waals surface area contributed by atoms with E-state index in [-0.39, 0.29) is 24.7 Å². The fourth-order valence-corrected chi connectivity index (χ4v) is 5.16. The number of benzene rings is 1. The second-order valence-electron chi connectivity index (χ2n) is 10.8. The van der Waals surface area contributed by atoms with Crippen molar-refractivity contribution in [2.45, 2.75) is 57.3 Å². The smallest absolute Gasteiger partial charge is 0.323 e. The summed E-state index contributed by atoms with van der Waals surface area (Å²) in [6.45, 7) is 2.35. The fraction of sp³-hybridized carbons (Fsp3) is 0.355. The van der Waals surface area contributed by atoms with Crippen molar-refractivity contribution in [1.29, 1.82) is 5.26 Å². The minimum atomic E-state index is -0.581. The lowest BCUT2D eigenvalue weighted by molar-refractivity contribution is 0.208. The second kappa shape index (κ2) is 13.8. The summed E-state index contributed by atoms with van der Waals surface area (Å²) in [6.07, 6.45) is 9.49. The number of aromatic nitrogens is 5. The van der Waals surface area contributed by atoms with Crippen LogP contribution in [0.25, 0.3) is 11.1 Å². The van der Waals surface area contributed by atoms with E-state index in [1.165, 1.54) is 6.20 Å². The van der Waals surface area contributed by atoms with Crippen LogP contribution in [-0.4, -0.2) is 60.6 Å². The second-order valence-corrected chi connectivity index (χ2v) is 10.8. The molecule has 43 heavy (non-hydrogen) atoms. The molecule has 1 atom stereocenters. The van der Waals surface area contributed by atoms with Crippen LogP contribution in [0.4, 0.5) is 22.4 Å². The first-order chi connectivity index (χ1) is 20.9. The normalized spacial score (nSPS) is 17.0. The first kappa shape index (κ1) is 29.5. The number of amides is 2. The Labute approximate surface area is 250 Å². The molecule has 12 nitrogen and oxygen atoms in total. The molecule has 0 radical (unpaired) electrons. The molecule has 1 fully saturated rings. The summed E-state index contributed by atoms with van der Waals surface area (Å²) in [5.41, 5.74) is 3.23. The summed E-state index contributed by atoms with van der Waals surface area (Å²) in [5, 5.41) is 32.7. The van der Waals surface area contributed by atoms with E-state index in [4.69, 9.17) is 4.98 Å². The number of hydrogen-bond acceptors (Lipinski definition) is 9. The van der Waals surface area contributed by atoms with Gasteiger partial charge in [0.05, 0.1) is 18.5 Å². The van der Waals surface area contributed by atoms with Crippen molar-refractivity contribution < 1.29 is 9.90 Å². The van der Waals surface area contributed by atoms with Crippen LogP contribution in [0, 0.1) is 11.3 Å². The molecule has 222 valence electrons. The summed E-state index contributed by atoms with van der Waals surface area (Å²) in [7, 11) is 1.87. The van der Waals surface area contributed by atoms with Gasteiger partial charge in [0.2, 0.25) is 5.95 Å². The number of aliphatic hydroxyl groups excluding tert-OH is 1. The van der Waals surface area contributed by atoms with Gasteiger partial charge in [0.1, 0.15) is 23.3 Å². The van der Waals surface area contributed by atoms with Crippen LogP contribution in [0.15, 0.2) is 67.3 Å². The van der Waals surface area contributed by atoms with Crippen molar-refractivity contribution in [1.82, 2.24) is 30.0 Å². The summed E-state index contributed by atoms with van der Waals surface area (Å²) in [4.78, 5) is 28.9. The highest BCUT2D eigenvalue weighted by molar-refractivity contribution is 5.91. The topological polar surface area (TPSA) is 157 Å². The molecule has 1 aromatic carbocycles. The van der Waals surface area contributed by atoms with Crippen molar-refractivity contribution in [3.63, 3.8) is 0 Å². The summed E-state index contributed by atoms with van der Waals surface area (Å²) in [6, 6.07) is 15.6. The molecule has 5 rings (SSSR count). The van der Waals surface area contributed by atoms with Gasteiger partial charge in [-0.25, -0.2) is 14.8 Å². The third-order valence-corrected chi connectivity index (χ3v) is 7.41. The first-order valence-corrected chi connectivity index (χ1v) is 14.4. The van der Waals surface area contributed by atoms with Gasteiger partial charge in [0.25, 0.3) is 0 Å². The molecule has 4 aromatic rings. The van der Waals surface area contributed by atoms with Crippen LogP contribution < -0.4 is 20.9 Å². The zero-order valence-electron chi connectivity index (χ0n) is 24.3. The summed E-state index contributed by atoms with van der Waals surface area (Å²) >= 11 is 0.